The Bertz CT molecular complexity index is 435. The zero-order valence-corrected chi connectivity index (χ0v) is 12.2. The first kappa shape index (κ1) is 13.7. The maximum absolute atomic E-state index is 10.2. The van der Waals surface area contributed by atoms with E-state index in [0.29, 0.717) is 5.75 Å². The van der Waals surface area contributed by atoms with Crippen molar-refractivity contribution in [3.8, 4) is 5.75 Å². The third kappa shape index (κ3) is 3.07. The monoisotopic (exact) mass is 258 g/mol. The molecule has 1 unspecified atom stereocenters. The number of hydrogen-bond acceptors (Lipinski definition) is 2. The molecule has 1 atom stereocenters. The van der Waals surface area contributed by atoms with Crippen LogP contribution in [0.3, 0.4) is 0 Å². The van der Waals surface area contributed by atoms with Gasteiger partial charge in [-0.15, -0.1) is 0 Å². The summed E-state index contributed by atoms with van der Waals surface area (Å²) in [7, 11) is 0. The molecule has 16 heavy (non-hydrogen) atoms. The average molecular weight is 258 g/mol. The molecule has 4 heteroatoms. The van der Waals surface area contributed by atoms with Crippen LogP contribution in [0.25, 0.3) is 0 Å². The zero-order valence-electron chi connectivity index (χ0n) is 10.4. The second-order valence-corrected chi connectivity index (χ2v) is 9.10. The van der Waals surface area contributed by atoms with Crippen LogP contribution < -0.4 is 4.52 Å². The van der Waals surface area contributed by atoms with Crippen molar-refractivity contribution >= 4 is 18.3 Å². The van der Waals surface area contributed by atoms with Crippen molar-refractivity contribution in [3.05, 3.63) is 29.3 Å². The van der Waals surface area contributed by atoms with E-state index >= 15 is 0 Å². The molecule has 0 aromatic heterocycles. The van der Waals surface area contributed by atoms with Crippen LogP contribution in [-0.2, 0) is 11.8 Å². The van der Waals surface area contributed by atoms with Gasteiger partial charge in [0.2, 0.25) is 6.49 Å². The standard InChI is InChI=1S/C12H19O2PS/c1-9-6-7-11(10(2)8-9)14-15(13,16)12(3,4)5/h6-8H,1-5H3,(H,13,16). The Morgan fingerprint density at radius 3 is 2.25 bits per heavy atom. The minimum Gasteiger partial charge on any atom is -0.443 e. The van der Waals surface area contributed by atoms with Crippen molar-refractivity contribution in [1.29, 1.82) is 0 Å². The second kappa shape index (κ2) is 4.48. The molecule has 0 aliphatic carbocycles. The van der Waals surface area contributed by atoms with E-state index in [4.69, 9.17) is 16.3 Å². The van der Waals surface area contributed by atoms with Crippen LogP contribution in [-0.4, -0.2) is 10.0 Å². The van der Waals surface area contributed by atoms with Gasteiger partial charge in [0.1, 0.15) is 5.75 Å². The van der Waals surface area contributed by atoms with E-state index < -0.39 is 11.6 Å². The summed E-state index contributed by atoms with van der Waals surface area (Å²) in [5, 5.41) is -0.403. The van der Waals surface area contributed by atoms with E-state index in [-0.39, 0.29) is 0 Å². The predicted molar refractivity (Wildman–Crippen MR) is 72.8 cm³/mol. The summed E-state index contributed by atoms with van der Waals surface area (Å²) in [5.41, 5.74) is 2.18. The SMILES string of the molecule is Cc1ccc(OP(O)(=S)C(C)(C)C)c(C)c1. The van der Waals surface area contributed by atoms with Crippen LogP contribution in [0.4, 0.5) is 0 Å². The van der Waals surface area contributed by atoms with E-state index in [1.165, 1.54) is 5.56 Å². The molecule has 0 saturated carbocycles. The molecule has 2 nitrogen and oxygen atoms in total. The highest BCUT2D eigenvalue weighted by Crippen LogP contribution is 2.55. The maximum Gasteiger partial charge on any atom is 0.240 e. The number of aryl methyl sites for hydroxylation is 2. The molecule has 1 aromatic rings. The van der Waals surface area contributed by atoms with Crippen LogP contribution in [0.2, 0.25) is 0 Å². The summed E-state index contributed by atoms with van der Waals surface area (Å²) in [4.78, 5) is 10.2. The largest absolute Gasteiger partial charge is 0.443 e. The molecule has 0 bridgehead atoms. The van der Waals surface area contributed by atoms with E-state index in [0.717, 1.165) is 5.56 Å². The summed E-state index contributed by atoms with van der Waals surface area (Å²) < 4.78 is 5.63. The number of hydrogen-bond donors (Lipinski definition) is 1. The fraction of sp³-hybridized carbons (Fsp3) is 0.500. The highest BCUT2D eigenvalue weighted by Gasteiger charge is 2.32. The summed E-state index contributed by atoms with van der Waals surface area (Å²) in [5.74, 6) is 0.686. The van der Waals surface area contributed by atoms with Gasteiger partial charge in [0.15, 0.2) is 0 Å². The summed E-state index contributed by atoms with van der Waals surface area (Å²) in [6, 6.07) is 5.85. The smallest absolute Gasteiger partial charge is 0.240 e. The van der Waals surface area contributed by atoms with Crippen molar-refractivity contribution in [2.24, 2.45) is 0 Å². The first-order valence-electron chi connectivity index (χ1n) is 5.23. The molecule has 0 amide bonds. The molecule has 0 radical (unpaired) electrons. The Hall–Kier alpha value is -0.370. The van der Waals surface area contributed by atoms with Gasteiger partial charge >= 0.3 is 0 Å². The first-order valence-corrected chi connectivity index (χ1v) is 7.90. The molecular formula is C12H19O2PS. The van der Waals surface area contributed by atoms with Gasteiger partial charge in [-0.05, 0) is 37.3 Å². The molecule has 1 N–H and O–H groups in total. The average Bonchev–Trinajstić information content (AvgIpc) is 2.08. The summed E-state index contributed by atoms with van der Waals surface area (Å²) in [6.45, 7) is 6.88. The Labute approximate surface area is 103 Å². The van der Waals surface area contributed by atoms with Crippen LogP contribution in [0, 0.1) is 13.8 Å². The Kier molecular flexibility index (Phi) is 3.83. The van der Waals surface area contributed by atoms with Gasteiger partial charge in [0.05, 0.1) is 0 Å². The van der Waals surface area contributed by atoms with Gasteiger partial charge in [-0.2, -0.15) is 0 Å². The topological polar surface area (TPSA) is 29.5 Å². The Balaban J connectivity index is 3.02. The molecule has 0 saturated heterocycles. The normalized spacial score (nSPS) is 15.6. The predicted octanol–water partition coefficient (Wildman–Crippen LogP) is 3.78. The lowest BCUT2D eigenvalue weighted by atomic mass is 10.1. The minimum absolute atomic E-state index is 0.403. The van der Waals surface area contributed by atoms with E-state index in [1.807, 2.05) is 52.8 Å². The zero-order chi connectivity index (χ0) is 12.6. The van der Waals surface area contributed by atoms with Crippen molar-refractivity contribution in [2.75, 3.05) is 0 Å². The fourth-order valence-electron chi connectivity index (χ4n) is 1.17. The lowest BCUT2D eigenvalue weighted by molar-refractivity contribution is 0.445. The van der Waals surface area contributed by atoms with Crippen molar-refractivity contribution in [2.45, 2.75) is 39.8 Å². The Morgan fingerprint density at radius 1 is 1.25 bits per heavy atom. The highest BCUT2D eigenvalue weighted by atomic mass is 32.5. The van der Waals surface area contributed by atoms with Gasteiger partial charge in [0.25, 0.3) is 0 Å². The maximum atomic E-state index is 10.2. The quantitative estimate of drug-likeness (QED) is 0.818. The van der Waals surface area contributed by atoms with Crippen molar-refractivity contribution in [1.82, 2.24) is 0 Å². The van der Waals surface area contributed by atoms with Gasteiger partial charge in [-0.1, -0.05) is 38.5 Å². The van der Waals surface area contributed by atoms with Gasteiger partial charge < -0.3 is 9.42 Å². The van der Waals surface area contributed by atoms with Gasteiger partial charge in [-0.3, -0.25) is 0 Å². The third-order valence-corrected chi connectivity index (χ3v) is 6.41. The number of benzene rings is 1. The summed E-state index contributed by atoms with van der Waals surface area (Å²) in [6.07, 6.45) is 0. The second-order valence-electron chi connectivity index (χ2n) is 5.05. The first-order chi connectivity index (χ1) is 7.13. The van der Waals surface area contributed by atoms with Crippen LogP contribution >= 0.6 is 6.49 Å². The van der Waals surface area contributed by atoms with Crippen LogP contribution in [0.1, 0.15) is 31.9 Å². The molecule has 0 spiro atoms. The van der Waals surface area contributed by atoms with E-state index in [2.05, 4.69) is 0 Å². The number of rotatable bonds is 2. The lowest BCUT2D eigenvalue weighted by Gasteiger charge is -2.30. The van der Waals surface area contributed by atoms with Crippen LogP contribution in [0.15, 0.2) is 18.2 Å². The van der Waals surface area contributed by atoms with E-state index in [9.17, 15) is 4.89 Å². The molecule has 90 valence electrons. The molecule has 0 fully saturated rings. The van der Waals surface area contributed by atoms with E-state index in [1.54, 1.807) is 0 Å². The molecule has 0 aliphatic heterocycles. The third-order valence-electron chi connectivity index (χ3n) is 2.40. The fourth-order valence-corrected chi connectivity index (χ4v) is 2.16. The van der Waals surface area contributed by atoms with Gasteiger partial charge in [0, 0.05) is 5.16 Å². The molecule has 0 aliphatic rings. The van der Waals surface area contributed by atoms with Crippen LogP contribution in [0.5, 0.6) is 5.75 Å². The molecular weight excluding hydrogens is 239 g/mol. The lowest BCUT2D eigenvalue weighted by Crippen LogP contribution is -2.18. The summed E-state index contributed by atoms with van der Waals surface area (Å²) >= 11 is 5.20. The highest BCUT2D eigenvalue weighted by molar-refractivity contribution is 8.10. The molecule has 0 heterocycles. The molecule has 1 aromatic carbocycles. The van der Waals surface area contributed by atoms with Gasteiger partial charge in [-0.25, -0.2) is 0 Å². The van der Waals surface area contributed by atoms with Crippen molar-refractivity contribution in [3.63, 3.8) is 0 Å². The van der Waals surface area contributed by atoms with Crippen molar-refractivity contribution < 1.29 is 9.42 Å². The molecule has 1 rings (SSSR count). The minimum atomic E-state index is -2.81. The Morgan fingerprint density at radius 2 is 1.81 bits per heavy atom.